The number of carbonyl (C=O) groups is 1. The molecule has 2 aromatic rings. The second kappa shape index (κ2) is 9.66. The SMILES string of the molecule is CCNCCNC(=O)c1cc(OCCO[Si](C)(C)C)nc2ccccc12. The second-order valence-electron chi connectivity index (χ2n) is 6.94. The number of benzene rings is 1. The molecule has 142 valence electrons. The molecule has 26 heavy (non-hydrogen) atoms. The van der Waals surface area contributed by atoms with E-state index >= 15 is 0 Å². The van der Waals surface area contributed by atoms with Crippen LogP contribution in [0, 0.1) is 0 Å². The summed E-state index contributed by atoms with van der Waals surface area (Å²) in [6.07, 6.45) is 0. The van der Waals surface area contributed by atoms with Crippen molar-refractivity contribution >= 4 is 25.1 Å². The van der Waals surface area contributed by atoms with Crippen LogP contribution in [0.15, 0.2) is 30.3 Å². The number of amides is 1. The summed E-state index contributed by atoms with van der Waals surface area (Å²) in [6, 6.07) is 9.30. The number of likely N-dealkylation sites (N-methyl/N-ethyl adjacent to an activating group) is 1. The lowest BCUT2D eigenvalue weighted by Gasteiger charge is -2.17. The lowest BCUT2D eigenvalue weighted by atomic mass is 10.1. The molecule has 0 fully saturated rings. The molecular weight excluding hydrogens is 346 g/mol. The van der Waals surface area contributed by atoms with Crippen LogP contribution >= 0.6 is 0 Å². The van der Waals surface area contributed by atoms with Crippen molar-refractivity contribution in [2.24, 2.45) is 0 Å². The summed E-state index contributed by atoms with van der Waals surface area (Å²) in [4.78, 5) is 17.1. The van der Waals surface area contributed by atoms with Gasteiger partial charge in [-0.05, 0) is 32.3 Å². The third-order valence-electron chi connectivity index (χ3n) is 3.64. The van der Waals surface area contributed by atoms with Crippen LogP contribution in [0.25, 0.3) is 10.9 Å². The third-order valence-corrected chi connectivity index (χ3v) is 4.71. The van der Waals surface area contributed by atoms with Gasteiger partial charge < -0.3 is 19.8 Å². The Morgan fingerprint density at radius 2 is 1.92 bits per heavy atom. The largest absolute Gasteiger partial charge is 0.475 e. The molecule has 0 radical (unpaired) electrons. The summed E-state index contributed by atoms with van der Waals surface area (Å²) in [6.45, 7) is 11.6. The molecule has 0 atom stereocenters. The molecule has 0 aliphatic heterocycles. The van der Waals surface area contributed by atoms with E-state index < -0.39 is 8.32 Å². The number of carbonyl (C=O) groups excluding carboxylic acids is 1. The molecule has 1 aromatic heterocycles. The smallest absolute Gasteiger partial charge is 0.252 e. The van der Waals surface area contributed by atoms with Crippen LogP contribution in [0.4, 0.5) is 0 Å². The Bertz CT molecular complexity index is 732. The van der Waals surface area contributed by atoms with Gasteiger partial charge in [0, 0.05) is 24.5 Å². The van der Waals surface area contributed by atoms with Crippen molar-refractivity contribution in [3.8, 4) is 5.88 Å². The number of rotatable bonds is 10. The predicted molar refractivity (Wildman–Crippen MR) is 107 cm³/mol. The molecule has 7 heteroatoms. The minimum absolute atomic E-state index is 0.121. The maximum Gasteiger partial charge on any atom is 0.252 e. The summed E-state index contributed by atoms with van der Waals surface area (Å²) in [5.41, 5.74) is 1.32. The average Bonchev–Trinajstić information content (AvgIpc) is 2.60. The number of hydrogen-bond donors (Lipinski definition) is 2. The van der Waals surface area contributed by atoms with Crippen LogP contribution in [-0.4, -0.2) is 52.1 Å². The van der Waals surface area contributed by atoms with Crippen LogP contribution in [0.5, 0.6) is 5.88 Å². The summed E-state index contributed by atoms with van der Waals surface area (Å²) in [5.74, 6) is 0.324. The van der Waals surface area contributed by atoms with Crippen LogP contribution in [0.2, 0.25) is 19.6 Å². The van der Waals surface area contributed by atoms with E-state index in [4.69, 9.17) is 9.16 Å². The molecule has 0 spiro atoms. The molecule has 1 heterocycles. The first kappa shape index (κ1) is 20.4. The highest BCUT2D eigenvalue weighted by Gasteiger charge is 2.15. The van der Waals surface area contributed by atoms with Gasteiger partial charge in [-0.15, -0.1) is 0 Å². The van der Waals surface area contributed by atoms with Crippen molar-refractivity contribution < 1.29 is 14.0 Å². The van der Waals surface area contributed by atoms with Gasteiger partial charge in [-0.3, -0.25) is 4.79 Å². The van der Waals surface area contributed by atoms with Crippen molar-refractivity contribution in [1.82, 2.24) is 15.6 Å². The van der Waals surface area contributed by atoms with Gasteiger partial charge in [-0.2, -0.15) is 0 Å². The minimum Gasteiger partial charge on any atom is -0.475 e. The Balaban J connectivity index is 2.10. The van der Waals surface area contributed by atoms with Crippen LogP contribution in [-0.2, 0) is 4.43 Å². The van der Waals surface area contributed by atoms with Gasteiger partial charge in [0.1, 0.15) is 6.61 Å². The number of nitrogens with zero attached hydrogens (tertiary/aromatic N) is 1. The average molecular weight is 376 g/mol. The van der Waals surface area contributed by atoms with E-state index in [0.29, 0.717) is 31.2 Å². The molecule has 1 amide bonds. The number of ether oxygens (including phenoxy) is 1. The molecule has 1 aromatic carbocycles. The lowest BCUT2D eigenvalue weighted by molar-refractivity contribution is 0.0955. The number of fused-ring (bicyclic) bond motifs is 1. The van der Waals surface area contributed by atoms with Gasteiger partial charge in [0.25, 0.3) is 5.91 Å². The maximum absolute atomic E-state index is 12.6. The fourth-order valence-corrected chi connectivity index (χ4v) is 3.14. The first-order valence-corrected chi connectivity index (χ1v) is 12.5. The van der Waals surface area contributed by atoms with Crippen LogP contribution in [0.3, 0.4) is 0 Å². The molecule has 0 saturated heterocycles. The highest BCUT2D eigenvalue weighted by Crippen LogP contribution is 2.22. The summed E-state index contributed by atoms with van der Waals surface area (Å²) >= 11 is 0. The van der Waals surface area contributed by atoms with E-state index in [1.807, 2.05) is 31.2 Å². The summed E-state index contributed by atoms with van der Waals surface area (Å²) in [7, 11) is -1.56. The Hall–Kier alpha value is -1.96. The first-order valence-electron chi connectivity index (χ1n) is 9.06. The Kier molecular flexibility index (Phi) is 7.56. The van der Waals surface area contributed by atoms with Crippen molar-refractivity contribution in [3.63, 3.8) is 0 Å². The fourth-order valence-electron chi connectivity index (χ4n) is 2.44. The Morgan fingerprint density at radius 3 is 2.65 bits per heavy atom. The number of nitrogens with one attached hydrogen (secondary N) is 2. The Labute approximate surface area is 156 Å². The molecule has 2 N–H and O–H groups in total. The van der Waals surface area contributed by atoms with Gasteiger partial charge in [-0.25, -0.2) is 4.98 Å². The molecule has 2 rings (SSSR count). The quantitative estimate of drug-likeness (QED) is 0.493. The Morgan fingerprint density at radius 1 is 1.15 bits per heavy atom. The molecule has 0 saturated carbocycles. The maximum atomic E-state index is 12.6. The van der Waals surface area contributed by atoms with Gasteiger partial charge in [-0.1, -0.05) is 25.1 Å². The van der Waals surface area contributed by atoms with Crippen molar-refractivity contribution in [2.75, 3.05) is 32.8 Å². The zero-order valence-electron chi connectivity index (χ0n) is 16.1. The first-order chi connectivity index (χ1) is 12.4. The topological polar surface area (TPSA) is 72.5 Å². The van der Waals surface area contributed by atoms with E-state index in [9.17, 15) is 4.79 Å². The minimum atomic E-state index is -1.56. The summed E-state index contributed by atoms with van der Waals surface area (Å²) in [5, 5.41) is 6.94. The monoisotopic (exact) mass is 375 g/mol. The lowest BCUT2D eigenvalue weighted by Crippen LogP contribution is -2.32. The molecule has 0 aliphatic carbocycles. The van der Waals surface area contributed by atoms with E-state index in [2.05, 4.69) is 35.3 Å². The van der Waals surface area contributed by atoms with Gasteiger partial charge >= 0.3 is 0 Å². The van der Waals surface area contributed by atoms with E-state index in [-0.39, 0.29) is 5.91 Å². The third kappa shape index (κ3) is 6.40. The molecule has 0 bridgehead atoms. The van der Waals surface area contributed by atoms with Gasteiger partial charge in [0.2, 0.25) is 5.88 Å². The highest BCUT2D eigenvalue weighted by molar-refractivity contribution is 6.69. The number of para-hydroxylation sites is 1. The zero-order chi connectivity index (χ0) is 19.0. The van der Waals surface area contributed by atoms with E-state index in [1.54, 1.807) is 6.07 Å². The van der Waals surface area contributed by atoms with Crippen LogP contribution in [0.1, 0.15) is 17.3 Å². The van der Waals surface area contributed by atoms with E-state index in [0.717, 1.165) is 24.0 Å². The second-order valence-corrected chi connectivity index (χ2v) is 11.5. The molecular formula is C19H29N3O3Si. The molecule has 0 unspecified atom stereocenters. The fraction of sp³-hybridized carbons (Fsp3) is 0.474. The summed E-state index contributed by atoms with van der Waals surface area (Å²) < 4.78 is 11.5. The highest BCUT2D eigenvalue weighted by atomic mass is 28.4. The molecule has 0 aliphatic rings. The van der Waals surface area contributed by atoms with Gasteiger partial charge in [0.05, 0.1) is 17.7 Å². The predicted octanol–water partition coefficient (Wildman–Crippen LogP) is 2.80. The van der Waals surface area contributed by atoms with Gasteiger partial charge in [0.15, 0.2) is 8.32 Å². The standard InChI is InChI=1S/C19H29N3O3Si/c1-5-20-10-11-21-19(23)16-14-18(24-12-13-25-26(2,3)4)22-17-9-7-6-8-15(16)17/h6-9,14,20H,5,10-13H2,1-4H3,(H,21,23). The number of hydrogen-bond acceptors (Lipinski definition) is 5. The number of aromatic nitrogens is 1. The van der Waals surface area contributed by atoms with Crippen molar-refractivity contribution in [2.45, 2.75) is 26.6 Å². The van der Waals surface area contributed by atoms with Crippen molar-refractivity contribution in [3.05, 3.63) is 35.9 Å². The normalized spacial score (nSPS) is 11.5. The molecule has 6 nitrogen and oxygen atoms in total. The zero-order valence-corrected chi connectivity index (χ0v) is 17.1. The van der Waals surface area contributed by atoms with Crippen LogP contribution < -0.4 is 15.4 Å². The van der Waals surface area contributed by atoms with E-state index in [1.165, 1.54) is 0 Å². The van der Waals surface area contributed by atoms with Crippen molar-refractivity contribution in [1.29, 1.82) is 0 Å². The number of pyridine rings is 1.